The summed E-state index contributed by atoms with van der Waals surface area (Å²) in [4.78, 5) is 4.69. The molecule has 1 unspecified atom stereocenters. The molecule has 0 saturated carbocycles. The van der Waals surface area contributed by atoms with Gasteiger partial charge < -0.3 is 0 Å². The predicted molar refractivity (Wildman–Crippen MR) is 94.3 cm³/mol. The Hall–Kier alpha value is -1.28. The second-order valence-corrected chi connectivity index (χ2v) is 4.87. The Bertz CT molecular complexity index is 454. The third kappa shape index (κ3) is 5.79. The first-order valence-corrected chi connectivity index (χ1v) is 8.65. The van der Waals surface area contributed by atoms with Crippen molar-refractivity contribution in [3.8, 4) is 11.3 Å². The number of hydrogen-bond acceptors (Lipinski definition) is 2. The summed E-state index contributed by atoms with van der Waals surface area (Å²) in [6.07, 6.45) is 2.11. The summed E-state index contributed by atoms with van der Waals surface area (Å²) < 4.78 is 0. The molecule has 0 N–H and O–H groups in total. The average Bonchev–Trinajstić information content (AvgIpc) is 2.58. The van der Waals surface area contributed by atoms with Crippen LogP contribution in [0, 0.1) is 0 Å². The van der Waals surface area contributed by atoms with Crippen molar-refractivity contribution in [2.24, 2.45) is 0 Å². The molecule has 0 radical (unpaired) electrons. The molecule has 0 aliphatic rings. The molecule has 0 aliphatic heterocycles. The number of thioether (sulfide) groups is 1. The highest BCUT2D eigenvalue weighted by Gasteiger charge is 2.06. The van der Waals surface area contributed by atoms with Crippen LogP contribution >= 0.6 is 11.8 Å². The highest BCUT2D eigenvalue weighted by atomic mass is 32.2. The van der Waals surface area contributed by atoms with Gasteiger partial charge in [-0.1, -0.05) is 64.1 Å². The minimum absolute atomic E-state index is 0.448. The van der Waals surface area contributed by atoms with Crippen LogP contribution < -0.4 is 0 Å². The van der Waals surface area contributed by atoms with Gasteiger partial charge in [-0.25, -0.2) is 0 Å². The van der Waals surface area contributed by atoms with E-state index >= 15 is 0 Å². The summed E-state index contributed by atoms with van der Waals surface area (Å²) in [5.74, 6) is 0. The monoisotopic (exact) mass is 289 g/mol. The standard InChI is InChI=1S/C14H15NS.2C2H6/c1-11(16-2)13-9-6-10-14(15-13)12-7-4-3-5-8-12;2*1-2/h3-11H,1-2H3;2*1-2H3. The highest BCUT2D eigenvalue weighted by Crippen LogP contribution is 2.26. The molecule has 1 heterocycles. The second kappa shape index (κ2) is 11.5. The van der Waals surface area contributed by atoms with E-state index in [0.29, 0.717) is 5.25 Å². The second-order valence-electron chi connectivity index (χ2n) is 3.69. The van der Waals surface area contributed by atoms with E-state index in [9.17, 15) is 0 Å². The van der Waals surface area contributed by atoms with Crippen LogP contribution in [0.4, 0.5) is 0 Å². The molecule has 2 rings (SSSR count). The number of aromatic nitrogens is 1. The first-order chi connectivity index (χ1) is 9.81. The third-order valence-electron chi connectivity index (χ3n) is 2.61. The molecule has 0 fully saturated rings. The number of nitrogens with zero attached hydrogens (tertiary/aromatic N) is 1. The van der Waals surface area contributed by atoms with E-state index in [-0.39, 0.29) is 0 Å². The molecule has 1 atom stereocenters. The van der Waals surface area contributed by atoms with Crippen molar-refractivity contribution in [3.05, 3.63) is 54.2 Å². The van der Waals surface area contributed by atoms with E-state index in [1.807, 2.05) is 57.7 Å². The molecule has 2 heteroatoms. The molecule has 0 aliphatic carbocycles. The fourth-order valence-corrected chi connectivity index (χ4v) is 1.94. The summed E-state index contributed by atoms with van der Waals surface area (Å²) in [5.41, 5.74) is 3.38. The van der Waals surface area contributed by atoms with Crippen molar-refractivity contribution in [1.82, 2.24) is 4.98 Å². The van der Waals surface area contributed by atoms with Gasteiger partial charge in [-0.2, -0.15) is 11.8 Å². The molecule has 1 nitrogen and oxygen atoms in total. The molecular formula is C18H27NS. The van der Waals surface area contributed by atoms with Crippen LogP contribution in [0.1, 0.15) is 45.6 Å². The van der Waals surface area contributed by atoms with Crippen molar-refractivity contribution in [1.29, 1.82) is 0 Å². The Morgan fingerprint density at radius 1 is 0.850 bits per heavy atom. The summed E-state index contributed by atoms with van der Waals surface area (Å²) >= 11 is 1.82. The highest BCUT2D eigenvalue weighted by molar-refractivity contribution is 7.98. The molecule has 0 amide bonds. The number of pyridine rings is 1. The fourth-order valence-electron chi connectivity index (χ4n) is 1.57. The summed E-state index contributed by atoms with van der Waals surface area (Å²) in [7, 11) is 0. The van der Waals surface area contributed by atoms with Gasteiger partial charge in [0.05, 0.1) is 11.4 Å². The van der Waals surface area contributed by atoms with E-state index < -0.39 is 0 Å². The minimum atomic E-state index is 0.448. The zero-order chi connectivity index (χ0) is 15.4. The lowest BCUT2D eigenvalue weighted by atomic mass is 10.1. The lowest BCUT2D eigenvalue weighted by Gasteiger charge is -2.09. The number of hydrogen-bond donors (Lipinski definition) is 0. The number of benzene rings is 1. The molecule has 110 valence electrons. The van der Waals surface area contributed by atoms with Crippen molar-refractivity contribution in [3.63, 3.8) is 0 Å². The van der Waals surface area contributed by atoms with Gasteiger partial charge in [-0.15, -0.1) is 0 Å². The van der Waals surface area contributed by atoms with E-state index in [4.69, 9.17) is 4.98 Å². The lowest BCUT2D eigenvalue weighted by Crippen LogP contribution is -1.93. The van der Waals surface area contributed by atoms with Gasteiger partial charge in [-0.3, -0.25) is 4.98 Å². The Labute approximate surface area is 128 Å². The molecule has 1 aromatic heterocycles. The number of rotatable bonds is 3. The van der Waals surface area contributed by atoms with Gasteiger partial charge >= 0.3 is 0 Å². The van der Waals surface area contributed by atoms with Gasteiger partial charge in [0.25, 0.3) is 0 Å². The quantitative estimate of drug-likeness (QED) is 0.664. The smallest absolute Gasteiger partial charge is 0.0705 e. The van der Waals surface area contributed by atoms with Crippen molar-refractivity contribution < 1.29 is 0 Å². The largest absolute Gasteiger partial charge is 0.252 e. The molecule has 2 aromatic rings. The SMILES string of the molecule is CC.CC.CSC(C)c1cccc(-c2ccccc2)n1. The van der Waals surface area contributed by atoms with Crippen molar-refractivity contribution >= 4 is 11.8 Å². The van der Waals surface area contributed by atoms with Gasteiger partial charge in [0.1, 0.15) is 0 Å². The summed E-state index contributed by atoms with van der Waals surface area (Å²) in [6, 6.07) is 16.5. The maximum atomic E-state index is 4.69. The van der Waals surface area contributed by atoms with Gasteiger partial charge in [-0.05, 0) is 25.3 Å². The van der Waals surface area contributed by atoms with Crippen LogP contribution in [0.2, 0.25) is 0 Å². The normalized spacial score (nSPS) is 10.5. The zero-order valence-corrected chi connectivity index (χ0v) is 14.4. The Kier molecular flexibility index (Phi) is 10.8. The molecule has 20 heavy (non-hydrogen) atoms. The Morgan fingerprint density at radius 3 is 2.00 bits per heavy atom. The van der Waals surface area contributed by atoms with E-state index in [2.05, 4.69) is 43.5 Å². The molecule has 0 saturated heterocycles. The Morgan fingerprint density at radius 2 is 1.45 bits per heavy atom. The van der Waals surface area contributed by atoms with Crippen LogP contribution in [0.5, 0.6) is 0 Å². The molecular weight excluding hydrogens is 262 g/mol. The fraction of sp³-hybridized carbons (Fsp3) is 0.389. The van der Waals surface area contributed by atoms with Crippen LogP contribution in [-0.2, 0) is 0 Å². The van der Waals surface area contributed by atoms with Gasteiger partial charge in [0.15, 0.2) is 0 Å². The molecule has 1 aromatic carbocycles. The topological polar surface area (TPSA) is 12.9 Å². The van der Waals surface area contributed by atoms with Crippen LogP contribution in [0.3, 0.4) is 0 Å². The van der Waals surface area contributed by atoms with Gasteiger partial charge in [0.2, 0.25) is 0 Å². The lowest BCUT2D eigenvalue weighted by molar-refractivity contribution is 1.01. The molecule has 0 bridgehead atoms. The first-order valence-electron chi connectivity index (χ1n) is 7.36. The maximum Gasteiger partial charge on any atom is 0.0705 e. The zero-order valence-electron chi connectivity index (χ0n) is 13.6. The summed E-state index contributed by atoms with van der Waals surface area (Å²) in [6.45, 7) is 10.2. The minimum Gasteiger partial charge on any atom is -0.252 e. The van der Waals surface area contributed by atoms with Crippen molar-refractivity contribution in [2.75, 3.05) is 6.26 Å². The van der Waals surface area contributed by atoms with Crippen molar-refractivity contribution in [2.45, 2.75) is 39.9 Å². The Balaban J connectivity index is 0.000000829. The van der Waals surface area contributed by atoms with Crippen LogP contribution in [0.15, 0.2) is 48.5 Å². The first kappa shape index (κ1) is 18.7. The average molecular weight is 289 g/mol. The van der Waals surface area contributed by atoms with E-state index in [1.54, 1.807) is 0 Å². The van der Waals surface area contributed by atoms with Gasteiger partial charge in [0, 0.05) is 10.8 Å². The third-order valence-corrected chi connectivity index (χ3v) is 3.56. The van der Waals surface area contributed by atoms with Crippen LogP contribution in [-0.4, -0.2) is 11.2 Å². The predicted octanol–water partition coefficient (Wildman–Crippen LogP) is 6.23. The van der Waals surface area contributed by atoms with E-state index in [1.165, 1.54) is 5.56 Å². The summed E-state index contributed by atoms with van der Waals surface area (Å²) in [5, 5.41) is 0.448. The van der Waals surface area contributed by atoms with Crippen LogP contribution in [0.25, 0.3) is 11.3 Å². The van der Waals surface area contributed by atoms with E-state index in [0.717, 1.165) is 11.4 Å². The molecule has 0 spiro atoms. The maximum absolute atomic E-state index is 4.69.